The van der Waals surface area contributed by atoms with Crippen LogP contribution in [0.2, 0.25) is 0 Å². The molecule has 0 heterocycles. The Morgan fingerprint density at radius 2 is 2.04 bits per heavy atom. The number of nitrogens with zero attached hydrogens (tertiary/aromatic N) is 1. The Morgan fingerprint density at radius 3 is 2.67 bits per heavy atom. The number of esters is 1. The molecule has 5 heteroatoms. The van der Waals surface area contributed by atoms with Crippen LogP contribution in [0.3, 0.4) is 0 Å². The zero-order valence-electron chi connectivity index (χ0n) is 13.4. The molecule has 4 fully saturated rings. The molecule has 0 aromatic heterocycles. The minimum absolute atomic E-state index is 0.171. The Kier molecular flexibility index (Phi) is 3.43. The van der Waals surface area contributed by atoms with E-state index >= 15 is 0 Å². The molecular weight excluding hydrogens is 309 g/mol. The van der Waals surface area contributed by atoms with Crippen molar-refractivity contribution in [3.63, 3.8) is 0 Å². The number of hydrogen-bond donors (Lipinski definition) is 1. The van der Waals surface area contributed by atoms with Gasteiger partial charge in [-0.2, -0.15) is 5.26 Å². The molecule has 2 unspecified atom stereocenters. The van der Waals surface area contributed by atoms with Crippen LogP contribution < -0.4 is 0 Å². The molecule has 0 radical (unpaired) electrons. The van der Waals surface area contributed by atoms with E-state index in [4.69, 9.17) is 10.00 Å². The number of ether oxygens (including phenoxy) is 1. The molecule has 4 saturated carbocycles. The molecular formula is C19H20FNO3. The molecule has 1 aromatic rings. The van der Waals surface area contributed by atoms with Crippen LogP contribution in [0.1, 0.15) is 49.7 Å². The summed E-state index contributed by atoms with van der Waals surface area (Å²) >= 11 is 0. The van der Waals surface area contributed by atoms with Crippen LogP contribution in [0, 0.1) is 34.4 Å². The summed E-state index contributed by atoms with van der Waals surface area (Å²) in [5, 5.41) is 19.6. The predicted octanol–water partition coefficient (Wildman–Crippen LogP) is 3.07. The molecule has 2 atom stereocenters. The third-order valence-corrected chi connectivity index (χ3v) is 6.00. The summed E-state index contributed by atoms with van der Waals surface area (Å²) < 4.78 is 19.3. The number of carbonyl (C=O) groups is 1. The Balaban J connectivity index is 1.50. The zero-order chi connectivity index (χ0) is 16.9. The van der Waals surface area contributed by atoms with Crippen molar-refractivity contribution < 1.29 is 19.0 Å². The molecule has 0 amide bonds. The first-order chi connectivity index (χ1) is 11.4. The second-order valence-electron chi connectivity index (χ2n) is 7.96. The summed E-state index contributed by atoms with van der Waals surface area (Å²) in [6, 6.07) is 5.98. The third kappa shape index (κ3) is 2.50. The van der Waals surface area contributed by atoms with Gasteiger partial charge in [0.25, 0.3) is 0 Å². The third-order valence-electron chi connectivity index (χ3n) is 6.00. The molecule has 0 saturated heterocycles. The van der Waals surface area contributed by atoms with Crippen LogP contribution in [0.4, 0.5) is 4.39 Å². The average Bonchev–Trinajstić information content (AvgIpc) is 2.51. The Morgan fingerprint density at radius 1 is 1.33 bits per heavy atom. The van der Waals surface area contributed by atoms with Crippen LogP contribution >= 0.6 is 0 Å². The van der Waals surface area contributed by atoms with Crippen LogP contribution in [0.25, 0.3) is 0 Å². The Bertz CT molecular complexity index is 725. The van der Waals surface area contributed by atoms with E-state index in [1.165, 1.54) is 18.2 Å². The quantitative estimate of drug-likeness (QED) is 0.865. The molecule has 4 nitrogen and oxygen atoms in total. The van der Waals surface area contributed by atoms with Gasteiger partial charge in [0, 0.05) is 5.56 Å². The summed E-state index contributed by atoms with van der Waals surface area (Å²) in [7, 11) is 0. The number of carbonyl (C=O) groups excluding carboxylic acids is 1. The summed E-state index contributed by atoms with van der Waals surface area (Å²) in [6.45, 7) is -0.171. The maximum atomic E-state index is 13.8. The van der Waals surface area contributed by atoms with Crippen molar-refractivity contribution in [3.05, 3.63) is 35.1 Å². The number of benzene rings is 1. The monoisotopic (exact) mass is 329 g/mol. The average molecular weight is 329 g/mol. The van der Waals surface area contributed by atoms with Gasteiger partial charge in [-0.15, -0.1) is 0 Å². The molecule has 1 aromatic carbocycles. The highest BCUT2D eigenvalue weighted by Crippen LogP contribution is 2.62. The maximum absolute atomic E-state index is 13.8. The number of halogens is 1. The van der Waals surface area contributed by atoms with Gasteiger partial charge in [-0.05, 0) is 68.6 Å². The molecule has 4 aliphatic rings. The lowest BCUT2D eigenvalue weighted by molar-refractivity contribution is -0.197. The topological polar surface area (TPSA) is 70.3 Å². The minimum Gasteiger partial charge on any atom is -0.460 e. The minimum atomic E-state index is -0.727. The van der Waals surface area contributed by atoms with E-state index in [1.54, 1.807) is 0 Å². The zero-order valence-corrected chi connectivity index (χ0v) is 13.4. The van der Waals surface area contributed by atoms with Crippen molar-refractivity contribution >= 4 is 5.97 Å². The molecule has 0 aliphatic heterocycles. The summed E-state index contributed by atoms with van der Waals surface area (Å²) in [5.41, 5.74) is -0.783. The van der Waals surface area contributed by atoms with Gasteiger partial charge in [0.05, 0.1) is 22.6 Å². The van der Waals surface area contributed by atoms with Crippen LogP contribution in [-0.2, 0) is 16.1 Å². The fourth-order valence-electron chi connectivity index (χ4n) is 5.50. The number of hydrogen-bond acceptors (Lipinski definition) is 4. The number of aliphatic hydroxyl groups is 1. The predicted molar refractivity (Wildman–Crippen MR) is 83.0 cm³/mol. The molecule has 24 heavy (non-hydrogen) atoms. The number of nitriles is 1. The SMILES string of the molecule is N#Cc1ccc(F)c(COC(=O)C23CC4CC(CC(O)(C4)C2)C3)c1. The standard InChI is InChI=1S/C19H20FNO3/c20-16-2-1-12(9-21)4-15(16)10-24-17(22)18-5-13-3-14(6-18)8-19(23,7-13)11-18/h1-2,4,13-14,23H,3,5-8,10-11H2. The van der Waals surface area contributed by atoms with Gasteiger partial charge in [-0.25, -0.2) is 4.39 Å². The largest absolute Gasteiger partial charge is 0.460 e. The van der Waals surface area contributed by atoms with Crippen molar-refractivity contribution in [1.29, 1.82) is 5.26 Å². The fourth-order valence-corrected chi connectivity index (χ4v) is 5.50. The second-order valence-corrected chi connectivity index (χ2v) is 7.96. The van der Waals surface area contributed by atoms with E-state index in [2.05, 4.69) is 0 Å². The van der Waals surface area contributed by atoms with Crippen molar-refractivity contribution in [1.82, 2.24) is 0 Å². The van der Waals surface area contributed by atoms with Gasteiger partial charge in [0.1, 0.15) is 12.4 Å². The van der Waals surface area contributed by atoms with E-state index < -0.39 is 16.8 Å². The smallest absolute Gasteiger partial charge is 0.312 e. The summed E-state index contributed by atoms with van der Waals surface area (Å²) in [4.78, 5) is 12.8. The Labute approximate surface area is 140 Å². The van der Waals surface area contributed by atoms with Gasteiger partial charge in [0.15, 0.2) is 0 Å². The lowest BCUT2D eigenvalue weighted by Gasteiger charge is -2.58. The van der Waals surface area contributed by atoms with Crippen LogP contribution in [0.5, 0.6) is 0 Å². The first-order valence-corrected chi connectivity index (χ1v) is 8.50. The van der Waals surface area contributed by atoms with Crippen molar-refractivity contribution in [3.8, 4) is 6.07 Å². The van der Waals surface area contributed by atoms with Crippen LogP contribution in [-0.4, -0.2) is 16.7 Å². The van der Waals surface area contributed by atoms with Gasteiger partial charge < -0.3 is 9.84 Å². The number of rotatable bonds is 3. The van der Waals surface area contributed by atoms with Gasteiger partial charge >= 0.3 is 5.97 Å². The normalized spacial score (nSPS) is 36.4. The lowest BCUT2D eigenvalue weighted by atomic mass is 9.48. The van der Waals surface area contributed by atoms with Crippen molar-refractivity contribution in [2.24, 2.45) is 17.3 Å². The van der Waals surface area contributed by atoms with E-state index in [0.29, 0.717) is 23.8 Å². The highest BCUT2D eigenvalue weighted by Gasteiger charge is 2.60. The molecule has 5 rings (SSSR count). The molecule has 4 aliphatic carbocycles. The Hall–Kier alpha value is -1.93. The summed E-state index contributed by atoms with van der Waals surface area (Å²) in [5.74, 6) is -0.0207. The van der Waals surface area contributed by atoms with E-state index in [-0.39, 0.29) is 18.1 Å². The molecule has 0 spiro atoms. The highest BCUT2D eigenvalue weighted by atomic mass is 19.1. The molecule has 4 bridgehead atoms. The van der Waals surface area contributed by atoms with Gasteiger partial charge in [-0.3, -0.25) is 4.79 Å². The first kappa shape index (κ1) is 15.6. The fraction of sp³-hybridized carbons (Fsp3) is 0.579. The van der Waals surface area contributed by atoms with Crippen LogP contribution in [0.15, 0.2) is 18.2 Å². The van der Waals surface area contributed by atoms with Crippen molar-refractivity contribution in [2.75, 3.05) is 0 Å². The molecule has 1 N–H and O–H groups in total. The molecule has 126 valence electrons. The maximum Gasteiger partial charge on any atom is 0.312 e. The highest BCUT2D eigenvalue weighted by molar-refractivity contribution is 5.77. The lowest BCUT2D eigenvalue weighted by Crippen LogP contribution is -2.58. The van der Waals surface area contributed by atoms with Gasteiger partial charge in [-0.1, -0.05) is 0 Å². The van der Waals surface area contributed by atoms with E-state index in [1.807, 2.05) is 6.07 Å². The summed E-state index contributed by atoms with van der Waals surface area (Å²) in [6.07, 6.45) is 4.67. The van der Waals surface area contributed by atoms with Gasteiger partial charge in [0.2, 0.25) is 0 Å². The van der Waals surface area contributed by atoms with E-state index in [0.717, 1.165) is 32.1 Å². The van der Waals surface area contributed by atoms with E-state index in [9.17, 15) is 14.3 Å². The second kappa shape index (κ2) is 5.29. The van der Waals surface area contributed by atoms with Crippen molar-refractivity contribution in [2.45, 2.75) is 50.7 Å². The first-order valence-electron chi connectivity index (χ1n) is 8.50.